The summed E-state index contributed by atoms with van der Waals surface area (Å²) in [6.07, 6.45) is -12.8. The van der Waals surface area contributed by atoms with Crippen LogP contribution in [0.3, 0.4) is 0 Å². The second-order valence-electron chi connectivity index (χ2n) is 13.4. The molecule has 1 amide bonds. The van der Waals surface area contributed by atoms with Crippen LogP contribution in [-0.4, -0.2) is 86.3 Å². The molecule has 2 saturated carbocycles. The van der Waals surface area contributed by atoms with Crippen LogP contribution in [0.4, 0.5) is 39.5 Å². The van der Waals surface area contributed by atoms with E-state index in [2.05, 4.69) is 30.7 Å². The zero-order valence-electron chi connectivity index (χ0n) is 26.5. The van der Waals surface area contributed by atoms with Gasteiger partial charge in [0.25, 0.3) is 0 Å². The maximum Gasteiger partial charge on any atom is 0.435 e. The highest BCUT2D eigenvalue weighted by atomic mass is 19.4. The van der Waals surface area contributed by atoms with E-state index in [0.29, 0.717) is 24.4 Å². The minimum absolute atomic E-state index is 0.125. The second-order valence-corrected chi connectivity index (χ2v) is 13.4. The lowest BCUT2D eigenvalue weighted by Crippen LogP contribution is -2.68. The van der Waals surface area contributed by atoms with Gasteiger partial charge in [0.2, 0.25) is 5.91 Å². The lowest BCUT2D eigenvalue weighted by molar-refractivity contribution is -0.457. The maximum atomic E-state index is 13.3. The lowest BCUT2D eigenvalue weighted by Gasteiger charge is -2.52. The largest absolute Gasteiger partial charge is 0.494 e. The van der Waals surface area contributed by atoms with Gasteiger partial charge in [-0.15, -0.1) is 0 Å². The molecule has 0 N–H and O–H groups in total. The van der Waals surface area contributed by atoms with E-state index in [-0.39, 0.29) is 11.5 Å². The Bertz CT molecular complexity index is 1180. The van der Waals surface area contributed by atoms with E-state index in [1.165, 1.54) is 18.2 Å². The highest BCUT2D eigenvalue weighted by molar-refractivity contribution is 5.78. The van der Waals surface area contributed by atoms with E-state index in [4.69, 9.17) is 4.74 Å². The standard InChI is InChI=1S/C32H43F9N2O3/c1-5-6-16-45-21-8-10-22-20(18-21)7-9-24-23(22)13-14-28(2)25(24)11-12-26(28)43(4)27(44)19-42(3)15-17-46-29(30(33,34)35,31(36,37)38)32(39,40)41/h8,10,18,23-26H,5-7,9,11-17,19H2,1-4H3/t23?,24?,25?,26-,28-/m0/s1. The van der Waals surface area contributed by atoms with E-state index >= 15 is 0 Å². The molecule has 3 aliphatic carbocycles. The third-order valence-electron chi connectivity index (χ3n) is 10.7. The van der Waals surface area contributed by atoms with E-state index in [9.17, 15) is 44.3 Å². The summed E-state index contributed by atoms with van der Waals surface area (Å²) in [5.41, 5.74) is -3.82. The van der Waals surface area contributed by atoms with Gasteiger partial charge in [-0.1, -0.05) is 26.3 Å². The van der Waals surface area contributed by atoms with Crippen LogP contribution in [0.15, 0.2) is 18.2 Å². The van der Waals surface area contributed by atoms with Gasteiger partial charge in [0, 0.05) is 19.6 Å². The third kappa shape index (κ3) is 6.71. The Balaban J connectivity index is 1.37. The number of aryl methyl sites for hydroxylation is 1. The number of fused-ring (bicyclic) bond motifs is 5. The molecule has 14 heteroatoms. The van der Waals surface area contributed by atoms with Gasteiger partial charge in [-0.25, -0.2) is 0 Å². The molecule has 0 radical (unpaired) electrons. The minimum Gasteiger partial charge on any atom is -0.494 e. The molecule has 0 aromatic heterocycles. The predicted molar refractivity (Wildman–Crippen MR) is 152 cm³/mol. The number of carbonyl (C=O) groups excluding carboxylic acids is 1. The second kappa shape index (κ2) is 13.4. The van der Waals surface area contributed by atoms with Crippen molar-refractivity contribution in [2.45, 2.75) is 101 Å². The Morgan fingerprint density at radius 2 is 1.59 bits per heavy atom. The molecule has 4 rings (SSSR count). The quantitative estimate of drug-likeness (QED) is 0.177. The van der Waals surface area contributed by atoms with Gasteiger partial charge in [0.05, 0.1) is 19.8 Å². The molecular weight excluding hydrogens is 631 g/mol. The smallest absolute Gasteiger partial charge is 0.435 e. The SMILES string of the molecule is CCCCOc1ccc2c(c1)CCC1C2CC[C@@]2(C)C1CC[C@@H]2N(C)C(=O)CN(C)CCOC(C(F)(F)F)(C(F)(F)F)C(F)(F)F. The predicted octanol–water partition coefficient (Wildman–Crippen LogP) is 7.92. The van der Waals surface area contributed by atoms with Crippen LogP contribution in [0.2, 0.25) is 0 Å². The van der Waals surface area contributed by atoms with Crippen LogP contribution in [-0.2, 0) is 16.0 Å². The monoisotopic (exact) mass is 674 g/mol. The number of amides is 1. The van der Waals surface area contributed by atoms with E-state index in [1.54, 1.807) is 11.9 Å². The Hall–Kier alpha value is -2.22. The van der Waals surface area contributed by atoms with Gasteiger partial charge in [-0.2, -0.15) is 39.5 Å². The average molecular weight is 675 g/mol. The molecule has 3 aliphatic rings. The summed E-state index contributed by atoms with van der Waals surface area (Å²) in [5, 5.41) is 0. The molecule has 0 aliphatic heterocycles. The zero-order chi connectivity index (χ0) is 34.3. The summed E-state index contributed by atoms with van der Waals surface area (Å²) in [4.78, 5) is 15.9. The molecule has 0 bridgehead atoms. The molecule has 0 spiro atoms. The van der Waals surface area contributed by atoms with Crippen LogP contribution in [0.25, 0.3) is 0 Å². The molecule has 46 heavy (non-hydrogen) atoms. The van der Waals surface area contributed by atoms with Crippen molar-refractivity contribution < 1.29 is 53.8 Å². The number of carbonyl (C=O) groups is 1. The lowest BCUT2D eigenvalue weighted by atomic mass is 9.55. The molecular formula is C32H43F9N2O3. The van der Waals surface area contributed by atoms with Crippen molar-refractivity contribution in [3.8, 4) is 5.75 Å². The first-order valence-electron chi connectivity index (χ1n) is 15.8. The molecule has 2 fully saturated rings. The first kappa shape index (κ1) is 36.6. The maximum absolute atomic E-state index is 13.3. The average Bonchev–Trinajstić information content (AvgIpc) is 3.29. The number of alkyl halides is 9. The summed E-state index contributed by atoms with van der Waals surface area (Å²) in [6, 6.07) is 6.28. The van der Waals surface area contributed by atoms with E-state index in [0.717, 1.165) is 62.0 Å². The normalized spacial score (nSPS) is 26.8. The van der Waals surface area contributed by atoms with Crippen LogP contribution >= 0.6 is 0 Å². The summed E-state index contributed by atoms with van der Waals surface area (Å²) < 4.78 is 128. The van der Waals surface area contributed by atoms with Gasteiger partial charge in [-0.3, -0.25) is 9.69 Å². The van der Waals surface area contributed by atoms with Crippen molar-refractivity contribution in [3.05, 3.63) is 29.3 Å². The van der Waals surface area contributed by atoms with Gasteiger partial charge >= 0.3 is 24.1 Å². The van der Waals surface area contributed by atoms with Crippen molar-refractivity contribution in [3.63, 3.8) is 0 Å². The third-order valence-corrected chi connectivity index (χ3v) is 10.7. The van der Waals surface area contributed by atoms with Gasteiger partial charge < -0.3 is 14.4 Å². The van der Waals surface area contributed by atoms with E-state index in [1.807, 2.05) is 6.07 Å². The number of rotatable bonds is 11. The highest BCUT2D eigenvalue weighted by Gasteiger charge is 2.85. The fraction of sp³-hybridized carbons (Fsp3) is 0.781. The van der Waals surface area contributed by atoms with Gasteiger partial charge in [0.15, 0.2) is 0 Å². The summed E-state index contributed by atoms with van der Waals surface area (Å²) in [7, 11) is 2.87. The Kier molecular flexibility index (Phi) is 10.6. The van der Waals surface area contributed by atoms with E-state index < -0.39 is 49.7 Å². The van der Waals surface area contributed by atoms with Crippen LogP contribution in [0.1, 0.15) is 75.8 Å². The van der Waals surface area contributed by atoms with Crippen molar-refractivity contribution in [2.24, 2.45) is 17.3 Å². The minimum atomic E-state index is -6.79. The number of unbranched alkanes of at least 4 members (excludes halogenated alkanes) is 1. The number of hydrogen-bond acceptors (Lipinski definition) is 4. The summed E-state index contributed by atoms with van der Waals surface area (Å²) in [5.74, 6) is 1.70. The van der Waals surface area contributed by atoms with Crippen molar-refractivity contribution in [1.82, 2.24) is 9.80 Å². The first-order valence-corrected chi connectivity index (χ1v) is 15.8. The molecule has 1 aromatic carbocycles. The van der Waals surface area contributed by atoms with Crippen molar-refractivity contribution >= 4 is 5.91 Å². The fourth-order valence-electron chi connectivity index (χ4n) is 8.27. The molecule has 0 saturated heterocycles. The topological polar surface area (TPSA) is 42.0 Å². The number of benzene rings is 1. The number of hydrogen-bond donors (Lipinski definition) is 0. The number of nitrogens with zero attached hydrogens (tertiary/aromatic N) is 2. The van der Waals surface area contributed by atoms with Crippen molar-refractivity contribution in [1.29, 1.82) is 0 Å². The fourth-order valence-corrected chi connectivity index (χ4v) is 8.27. The molecule has 0 heterocycles. The van der Waals surface area contributed by atoms with Crippen LogP contribution < -0.4 is 4.74 Å². The number of likely N-dealkylation sites (N-methyl/N-ethyl adjacent to an activating group) is 2. The van der Waals surface area contributed by atoms with Gasteiger partial charge in [-0.05, 0) is 98.4 Å². The number of ether oxygens (including phenoxy) is 2. The Labute approximate surface area is 263 Å². The zero-order valence-corrected chi connectivity index (χ0v) is 26.5. The van der Waals surface area contributed by atoms with Gasteiger partial charge in [0.1, 0.15) is 5.75 Å². The Morgan fingerprint density at radius 1 is 0.935 bits per heavy atom. The van der Waals surface area contributed by atoms with Crippen LogP contribution in [0.5, 0.6) is 5.75 Å². The van der Waals surface area contributed by atoms with Crippen LogP contribution in [0, 0.1) is 17.3 Å². The summed E-state index contributed by atoms with van der Waals surface area (Å²) in [6.45, 7) is 2.28. The molecule has 262 valence electrons. The first-order chi connectivity index (χ1) is 21.3. The highest BCUT2D eigenvalue weighted by Crippen LogP contribution is 2.62. The number of halogens is 9. The van der Waals surface area contributed by atoms with Crippen molar-refractivity contribution in [2.75, 3.05) is 40.4 Å². The molecule has 1 aromatic rings. The molecule has 3 unspecified atom stereocenters. The summed E-state index contributed by atoms with van der Waals surface area (Å²) >= 11 is 0. The Morgan fingerprint density at radius 3 is 2.20 bits per heavy atom. The molecule has 5 atom stereocenters. The molecule has 5 nitrogen and oxygen atoms in total.